The van der Waals surface area contributed by atoms with E-state index < -0.39 is 0 Å². The van der Waals surface area contributed by atoms with Crippen molar-refractivity contribution in [2.45, 2.75) is 0 Å². The SMILES string of the molecule is O=C(COc1ccccc1)Nc1ccccc1C(=O)Nc1ccccn1. The molecule has 0 unspecified atom stereocenters. The van der Waals surface area contributed by atoms with Crippen molar-refractivity contribution in [2.75, 3.05) is 17.2 Å². The van der Waals surface area contributed by atoms with Crippen LogP contribution in [0.4, 0.5) is 11.5 Å². The van der Waals surface area contributed by atoms with Gasteiger partial charge in [0.2, 0.25) is 0 Å². The number of carbonyl (C=O) groups is 2. The van der Waals surface area contributed by atoms with Gasteiger partial charge in [-0.2, -0.15) is 0 Å². The molecule has 2 N–H and O–H groups in total. The predicted octanol–water partition coefficient (Wildman–Crippen LogP) is 3.35. The Bertz CT molecular complexity index is 883. The third-order valence-electron chi connectivity index (χ3n) is 3.47. The van der Waals surface area contributed by atoms with Crippen molar-refractivity contribution in [3.05, 3.63) is 84.6 Å². The molecule has 130 valence electrons. The Morgan fingerprint density at radius 2 is 1.58 bits per heavy atom. The van der Waals surface area contributed by atoms with Crippen molar-refractivity contribution < 1.29 is 14.3 Å². The second kappa shape index (κ2) is 8.43. The van der Waals surface area contributed by atoms with Crippen LogP contribution in [0.25, 0.3) is 0 Å². The molecule has 0 fully saturated rings. The number of nitrogens with one attached hydrogen (secondary N) is 2. The number of nitrogens with zero attached hydrogens (tertiary/aromatic N) is 1. The molecule has 0 radical (unpaired) electrons. The van der Waals surface area contributed by atoms with Crippen LogP contribution in [0, 0.1) is 0 Å². The summed E-state index contributed by atoms with van der Waals surface area (Å²) in [7, 11) is 0. The summed E-state index contributed by atoms with van der Waals surface area (Å²) in [6, 6.07) is 21.0. The van der Waals surface area contributed by atoms with E-state index in [1.165, 1.54) is 0 Å². The highest BCUT2D eigenvalue weighted by molar-refractivity contribution is 6.09. The predicted molar refractivity (Wildman–Crippen MR) is 99.2 cm³/mol. The molecule has 6 heteroatoms. The number of aromatic nitrogens is 1. The van der Waals surface area contributed by atoms with Crippen LogP contribution in [-0.2, 0) is 4.79 Å². The zero-order valence-corrected chi connectivity index (χ0v) is 13.9. The first-order valence-electron chi connectivity index (χ1n) is 8.01. The summed E-state index contributed by atoms with van der Waals surface area (Å²) in [5.74, 6) is 0.324. The fourth-order valence-corrected chi connectivity index (χ4v) is 2.26. The molecule has 1 heterocycles. The molecule has 3 aromatic rings. The zero-order valence-electron chi connectivity index (χ0n) is 13.9. The fourth-order valence-electron chi connectivity index (χ4n) is 2.26. The molecule has 0 aliphatic carbocycles. The van der Waals surface area contributed by atoms with Gasteiger partial charge < -0.3 is 15.4 Å². The Hall–Kier alpha value is -3.67. The lowest BCUT2D eigenvalue weighted by atomic mass is 10.1. The van der Waals surface area contributed by atoms with Gasteiger partial charge in [0.1, 0.15) is 11.6 Å². The minimum Gasteiger partial charge on any atom is -0.484 e. The van der Waals surface area contributed by atoms with Crippen LogP contribution in [0.1, 0.15) is 10.4 Å². The topological polar surface area (TPSA) is 80.3 Å². The average Bonchev–Trinajstić information content (AvgIpc) is 2.68. The van der Waals surface area contributed by atoms with Gasteiger partial charge in [-0.15, -0.1) is 0 Å². The molecule has 2 amide bonds. The van der Waals surface area contributed by atoms with Gasteiger partial charge in [0.15, 0.2) is 6.61 Å². The Balaban J connectivity index is 1.65. The van der Waals surface area contributed by atoms with E-state index >= 15 is 0 Å². The van der Waals surface area contributed by atoms with Crippen molar-refractivity contribution in [1.29, 1.82) is 0 Å². The normalized spacial score (nSPS) is 10.0. The van der Waals surface area contributed by atoms with Gasteiger partial charge in [0, 0.05) is 6.20 Å². The average molecular weight is 347 g/mol. The summed E-state index contributed by atoms with van der Waals surface area (Å²) in [5, 5.41) is 5.40. The molecule has 0 aliphatic heterocycles. The fraction of sp³-hybridized carbons (Fsp3) is 0.0500. The number of amides is 2. The van der Waals surface area contributed by atoms with Gasteiger partial charge in [-0.05, 0) is 36.4 Å². The van der Waals surface area contributed by atoms with Crippen molar-refractivity contribution in [1.82, 2.24) is 4.98 Å². The Morgan fingerprint density at radius 3 is 2.35 bits per heavy atom. The standard InChI is InChI=1S/C20H17N3O3/c24-19(14-26-15-8-2-1-3-9-15)22-17-11-5-4-10-16(17)20(25)23-18-12-6-7-13-21-18/h1-13H,14H2,(H,22,24)(H,21,23,25). The number of ether oxygens (including phenoxy) is 1. The Morgan fingerprint density at radius 1 is 0.846 bits per heavy atom. The number of hydrogen-bond acceptors (Lipinski definition) is 4. The minimum absolute atomic E-state index is 0.153. The van der Waals surface area contributed by atoms with Crippen LogP contribution < -0.4 is 15.4 Å². The number of pyridine rings is 1. The molecule has 1 aromatic heterocycles. The molecule has 6 nitrogen and oxygen atoms in total. The van der Waals surface area contributed by atoms with Gasteiger partial charge in [0.25, 0.3) is 11.8 Å². The molecule has 0 saturated heterocycles. The van der Waals surface area contributed by atoms with Gasteiger partial charge in [0.05, 0.1) is 11.3 Å². The molecule has 26 heavy (non-hydrogen) atoms. The molecule has 0 atom stereocenters. The molecule has 0 saturated carbocycles. The first-order valence-corrected chi connectivity index (χ1v) is 8.01. The van der Waals surface area contributed by atoms with Crippen LogP contribution >= 0.6 is 0 Å². The van der Waals surface area contributed by atoms with Crippen molar-refractivity contribution in [3.63, 3.8) is 0 Å². The molecule has 2 aromatic carbocycles. The highest BCUT2D eigenvalue weighted by Crippen LogP contribution is 2.17. The van der Waals surface area contributed by atoms with Crippen LogP contribution in [0.3, 0.4) is 0 Å². The number of benzene rings is 2. The lowest BCUT2D eigenvalue weighted by Crippen LogP contribution is -2.23. The van der Waals surface area contributed by atoms with E-state index in [0.717, 1.165) is 0 Å². The van der Waals surface area contributed by atoms with Crippen molar-refractivity contribution in [2.24, 2.45) is 0 Å². The molecular weight excluding hydrogens is 330 g/mol. The number of anilines is 2. The third kappa shape index (κ3) is 4.67. The number of hydrogen-bond donors (Lipinski definition) is 2. The lowest BCUT2D eigenvalue weighted by molar-refractivity contribution is -0.118. The highest BCUT2D eigenvalue weighted by atomic mass is 16.5. The van der Waals surface area contributed by atoms with E-state index in [-0.39, 0.29) is 18.4 Å². The number of carbonyl (C=O) groups excluding carboxylic acids is 2. The van der Waals surface area contributed by atoms with E-state index in [9.17, 15) is 9.59 Å². The van der Waals surface area contributed by atoms with Crippen LogP contribution in [0.2, 0.25) is 0 Å². The smallest absolute Gasteiger partial charge is 0.262 e. The van der Waals surface area contributed by atoms with E-state index in [1.54, 1.807) is 60.8 Å². The highest BCUT2D eigenvalue weighted by Gasteiger charge is 2.14. The molecule has 0 aliphatic rings. The summed E-state index contributed by atoms with van der Waals surface area (Å²) in [6.45, 7) is -0.153. The summed E-state index contributed by atoms with van der Waals surface area (Å²) < 4.78 is 5.41. The minimum atomic E-state index is -0.358. The van der Waals surface area contributed by atoms with Crippen LogP contribution in [0.5, 0.6) is 5.75 Å². The summed E-state index contributed by atoms with van der Waals surface area (Å²) >= 11 is 0. The summed E-state index contributed by atoms with van der Waals surface area (Å²) in [5.41, 5.74) is 0.744. The monoisotopic (exact) mass is 347 g/mol. The Labute approximate surface area is 150 Å². The van der Waals surface area contributed by atoms with Gasteiger partial charge >= 0.3 is 0 Å². The summed E-state index contributed by atoms with van der Waals surface area (Å²) in [6.07, 6.45) is 1.59. The number of para-hydroxylation sites is 2. The van der Waals surface area contributed by atoms with Crippen molar-refractivity contribution in [3.8, 4) is 5.75 Å². The first kappa shape index (κ1) is 17.2. The van der Waals surface area contributed by atoms with Gasteiger partial charge in [-0.1, -0.05) is 36.4 Å². The van der Waals surface area contributed by atoms with E-state index in [2.05, 4.69) is 15.6 Å². The molecular formula is C20H17N3O3. The van der Waals surface area contributed by atoms with Gasteiger partial charge in [-0.25, -0.2) is 4.98 Å². The van der Waals surface area contributed by atoms with E-state index in [4.69, 9.17) is 4.74 Å². The van der Waals surface area contributed by atoms with Gasteiger partial charge in [-0.3, -0.25) is 9.59 Å². The van der Waals surface area contributed by atoms with Crippen LogP contribution in [0.15, 0.2) is 79.0 Å². The maximum atomic E-state index is 12.5. The van der Waals surface area contributed by atoms with Crippen LogP contribution in [-0.4, -0.2) is 23.4 Å². The lowest BCUT2D eigenvalue weighted by Gasteiger charge is -2.11. The molecule has 0 bridgehead atoms. The third-order valence-corrected chi connectivity index (χ3v) is 3.47. The largest absolute Gasteiger partial charge is 0.484 e. The molecule has 3 rings (SSSR count). The van der Waals surface area contributed by atoms with E-state index in [1.807, 2.05) is 18.2 Å². The quantitative estimate of drug-likeness (QED) is 0.716. The van der Waals surface area contributed by atoms with Crippen molar-refractivity contribution >= 4 is 23.3 Å². The number of rotatable bonds is 6. The second-order valence-corrected chi connectivity index (χ2v) is 5.36. The van der Waals surface area contributed by atoms with E-state index in [0.29, 0.717) is 22.8 Å². The summed E-state index contributed by atoms with van der Waals surface area (Å²) in [4.78, 5) is 28.7. The maximum Gasteiger partial charge on any atom is 0.262 e. The second-order valence-electron chi connectivity index (χ2n) is 5.36. The maximum absolute atomic E-state index is 12.5. The first-order chi connectivity index (χ1) is 12.7. The molecule has 0 spiro atoms. The zero-order chi connectivity index (χ0) is 18.2. The Kier molecular flexibility index (Phi) is 5.57.